The molecule has 3 aromatic rings. The molecule has 54 heavy (non-hydrogen) atoms. The Balaban J connectivity index is 1.51. The van der Waals surface area contributed by atoms with Crippen molar-refractivity contribution in [3.8, 4) is 11.5 Å². The van der Waals surface area contributed by atoms with Crippen LogP contribution < -0.4 is 14.8 Å². The molecule has 4 atom stereocenters. The zero-order chi connectivity index (χ0) is 39.4. The first kappa shape index (κ1) is 40.7. The zero-order valence-corrected chi connectivity index (χ0v) is 30.4. The number of carbonyl (C=O) groups is 8. The molecular formula is C40H42N2O12. The fourth-order valence-corrected chi connectivity index (χ4v) is 5.71. The number of hydrogen-bond acceptors (Lipinski definition) is 13. The normalized spacial score (nSPS) is 18.9. The summed E-state index contributed by atoms with van der Waals surface area (Å²) in [4.78, 5) is 110. The number of rotatable bonds is 14. The summed E-state index contributed by atoms with van der Waals surface area (Å²) in [5.74, 6) is -11.4. The number of esters is 3. The number of methoxy groups -OCH3 is 1. The molecule has 1 aliphatic carbocycles. The van der Waals surface area contributed by atoms with Crippen molar-refractivity contribution in [2.45, 2.75) is 71.6 Å². The van der Waals surface area contributed by atoms with Crippen molar-refractivity contribution in [3.05, 3.63) is 89.7 Å². The maximum absolute atomic E-state index is 13.8. The van der Waals surface area contributed by atoms with E-state index in [1.54, 1.807) is 56.3 Å². The average molecular weight is 743 g/mol. The molecule has 0 radical (unpaired) electrons. The molecule has 1 aromatic heterocycles. The molecule has 0 unspecified atom stereocenters. The van der Waals surface area contributed by atoms with Crippen LogP contribution in [-0.2, 0) is 56.1 Å². The van der Waals surface area contributed by atoms with Crippen molar-refractivity contribution >= 4 is 46.9 Å². The Labute approximate surface area is 311 Å². The third-order valence-electron chi connectivity index (χ3n) is 8.71. The van der Waals surface area contributed by atoms with Crippen LogP contribution in [0.1, 0.15) is 68.1 Å². The highest BCUT2D eigenvalue weighted by Gasteiger charge is 2.46. The van der Waals surface area contributed by atoms with E-state index in [-0.39, 0.29) is 38.0 Å². The predicted molar refractivity (Wildman–Crippen MR) is 190 cm³/mol. The fraction of sp³-hybridized carbons (Fsp3) is 0.375. The third-order valence-corrected chi connectivity index (χ3v) is 8.71. The Morgan fingerprint density at radius 2 is 1.46 bits per heavy atom. The number of ketones is 4. The van der Waals surface area contributed by atoms with Crippen LogP contribution in [-0.4, -0.2) is 71.2 Å². The van der Waals surface area contributed by atoms with E-state index in [1.807, 2.05) is 18.2 Å². The lowest BCUT2D eigenvalue weighted by atomic mass is 9.81. The van der Waals surface area contributed by atoms with Gasteiger partial charge in [0.15, 0.2) is 11.4 Å². The fourth-order valence-electron chi connectivity index (χ4n) is 5.71. The minimum atomic E-state index is -1.82. The summed E-state index contributed by atoms with van der Waals surface area (Å²) in [6.07, 6.45) is -1.52. The van der Waals surface area contributed by atoms with Crippen molar-refractivity contribution in [2.24, 2.45) is 17.8 Å². The Morgan fingerprint density at radius 1 is 0.833 bits per heavy atom. The van der Waals surface area contributed by atoms with E-state index in [2.05, 4.69) is 10.3 Å². The van der Waals surface area contributed by atoms with Crippen molar-refractivity contribution in [2.75, 3.05) is 7.11 Å². The largest absolute Gasteiger partial charge is 0.493 e. The maximum Gasteiger partial charge on any atom is 0.311 e. The van der Waals surface area contributed by atoms with Crippen LogP contribution in [0.15, 0.2) is 72.9 Å². The number of aromatic nitrogens is 1. The number of amides is 1. The van der Waals surface area contributed by atoms with Gasteiger partial charge in [-0.1, -0.05) is 81.4 Å². The monoisotopic (exact) mass is 742 g/mol. The molecule has 1 saturated carbocycles. The van der Waals surface area contributed by atoms with Crippen molar-refractivity contribution in [1.82, 2.24) is 10.3 Å². The molecule has 1 amide bonds. The summed E-state index contributed by atoms with van der Waals surface area (Å²) >= 11 is 0. The van der Waals surface area contributed by atoms with E-state index in [0.717, 1.165) is 5.56 Å². The molecule has 14 nitrogen and oxygen atoms in total. The van der Waals surface area contributed by atoms with Gasteiger partial charge in [-0.05, 0) is 24.0 Å². The van der Waals surface area contributed by atoms with E-state index >= 15 is 0 Å². The summed E-state index contributed by atoms with van der Waals surface area (Å²) in [5, 5.41) is 2.31. The molecule has 14 heteroatoms. The van der Waals surface area contributed by atoms with Gasteiger partial charge >= 0.3 is 17.9 Å². The summed E-state index contributed by atoms with van der Waals surface area (Å²) < 4.78 is 21.6. The Morgan fingerprint density at radius 3 is 2.09 bits per heavy atom. The second-order valence-electron chi connectivity index (χ2n) is 13.1. The first-order valence-corrected chi connectivity index (χ1v) is 17.4. The Bertz CT molecular complexity index is 1880. The third kappa shape index (κ3) is 10.7. The number of Topliss-reactive ketones (excluding diaryl/α,β-unsaturated/α-hetero) is 4. The van der Waals surface area contributed by atoms with Gasteiger partial charge in [0.05, 0.1) is 24.9 Å². The smallest absolute Gasteiger partial charge is 0.311 e. The average Bonchev–Trinajstić information content (AvgIpc) is 3.18. The lowest BCUT2D eigenvalue weighted by molar-refractivity contribution is -0.164. The van der Waals surface area contributed by atoms with Crippen LogP contribution in [0.4, 0.5) is 0 Å². The standard InChI is InChI=1S/C40H42N2O12/c1-23(2)40(50)54-37-24(3)34(46)36(48)28(21-29(43)35(47)27(37)20-25-12-7-5-8-13-25)42-39(49)33-38(30(51-4)18-19-41-33)53-32(45)17-11-16-31(44)52-22-26-14-9-6-10-15-26/h5-10,12-15,18-19,23-24,27-28,37H,11,16-17,20-22H2,1-4H3,(H,42,49)/t24-,27+,28+,37-/m1/s1. The van der Waals surface area contributed by atoms with Crippen molar-refractivity contribution in [3.63, 3.8) is 0 Å². The van der Waals surface area contributed by atoms with Gasteiger partial charge < -0.3 is 24.3 Å². The molecule has 2 aromatic carbocycles. The molecule has 0 bridgehead atoms. The quantitative estimate of drug-likeness (QED) is 0.185. The zero-order valence-electron chi connectivity index (χ0n) is 30.4. The van der Waals surface area contributed by atoms with Crippen LogP contribution in [0.5, 0.6) is 11.5 Å². The van der Waals surface area contributed by atoms with Gasteiger partial charge in [0.25, 0.3) is 5.91 Å². The Kier molecular flexibility index (Phi) is 14.4. The van der Waals surface area contributed by atoms with E-state index in [1.165, 1.54) is 26.3 Å². The van der Waals surface area contributed by atoms with Crippen LogP contribution in [0.25, 0.3) is 0 Å². The van der Waals surface area contributed by atoms with Crippen molar-refractivity contribution in [1.29, 1.82) is 0 Å². The summed E-state index contributed by atoms with van der Waals surface area (Å²) in [7, 11) is 1.25. The maximum atomic E-state index is 13.8. The number of benzene rings is 2. The molecule has 0 aliphatic heterocycles. The second-order valence-corrected chi connectivity index (χ2v) is 13.1. The number of ether oxygens (including phenoxy) is 4. The number of pyridine rings is 1. The molecule has 4 rings (SSSR count). The van der Waals surface area contributed by atoms with Crippen LogP contribution >= 0.6 is 0 Å². The second kappa shape index (κ2) is 19.1. The molecule has 0 spiro atoms. The van der Waals surface area contributed by atoms with Gasteiger partial charge in [-0.15, -0.1) is 0 Å². The molecular weight excluding hydrogens is 700 g/mol. The topological polar surface area (TPSA) is 198 Å². The Hall–Kier alpha value is -6.05. The predicted octanol–water partition coefficient (Wildman–Crippen LogP) is 3.75. The van der Waals surface area contributed by atoms with Gasteiger partial charge in [0.1, 0.15) is 18.8 Å². The lowest BCUT2D eigenvalue weighted by Gasteiger charge is -2.29. The molecule has 1 heterocycles. The van der Waals surface area contributed by atoms with Gasteiger partial charge in [0, 0.05) is 31.5 Å². The van der Waals surface area contributed by atoms with Gasteiger partial charge in [-0.25, -0.2) is 4.98 Å². The molecule has 284 valence electrons. The van der Waals surface area contributed by atoms with E-state index < -0.39 is 94.7 Å². The van der Waals surface area contributed by atoms with Gasteiger partial charge in [-0.2, -0.15) is 0 Å². The number of carbonyl (C=O) groups excluding carboxylic acids is 8. The van der Waals surface area contributed by atoms with Gasteiger partial charge in [-0.3, -0.25) is 38.4 Å². The molecule has 1 N–H and O–H groups in total. The molecule has 1 fully saturated rings. The summed E-state index contributed by atoms with van der Waals surface area (Å²) in [6, 6.07) is 17.2. The lowest BCUT2D eigenvalue weighted by Crippen LogP contribution is -2.48. The highest BCUT2D eigenvalue weighted by Crippen LogP contribution is 2.31. The minimum Gasteiger partial charge on any atom is -0.493 e. The van der Waals surface area contributed by atoms with Crippen molar-refractivity contribution < 1.29 is 57.3 Å². The first-order valence-electron chi connectivity index (χ1n) is 17.4. The minimum absolute atomic E-state index is 0.0579. The van der Waals surface area contributed by atoms with Crippen LogP contribution in [0.3, 0.4) is 0 Å². The van der Waals surface area contributed by atoms with E-state index in [4.69, 9.17) is 18.9 Å². The molecule has 0 saturated heterocycles. The van der Waals surface area contributed by atoms with E-state index in [0.29, 0.717) is 5.56 Å². The first-order chi connectivity index (χ1) is 25.8. The number of hydrogen-bond donors (Lipinski definition) is 1. The van der Waals surface area contributed by atoms with Gasteiger partial charge in [0.2, 0.25) is 28.9 Å². The highest BCUT2D eigenvalue weighted by molar-refractivity contribution is 6.44. The molecule has 1 aliphatic rings. The van der Waals surface area contributed by atoms with E-state index in [9.17, 15) is 38.4 Å². The number of nitrogens with one attached hydrogen (secondary N) is 1. The summed E-state index contributed by atoms with van der Waals surface area (Å²) in [5.41, 5.74) is 0.899. The highest BCUT2D eigenvalue weighted by atomic mass is 16.6. The van der Waals surface area contributed by atoms with Crippen LogP contribution in [0.2, 0.25) is 0 Å². The SMILES string of the molecule is COc1ccnc(C(=O)N[C@H]2CC(=O)C(=O)[C@H](Cc3ccccc3)[C@H](OC(=O)C(C)C)[C@H](C)C(=O)C2=O)c1OC(=O)CCCC(=O)OCc1ccccc1. The summed E-state index contributed by atoms with van der Waals surface area (Å²) in [6.45, 7) is 4.51. The number of nitrogens with zero attached hydrogens (tertiary/aromatic N) is 1. The van der Waals surface area contributed by atoms with Crippen LogP contribution in [0, 0.1) is 17.8 Å².